The number of benzene rings is 16. The van der Waals surface area contributed by atoms with Gasteiger partial charge >= 0.3 is 13.7 Å². The molecule has 16 aromatic carbocycles. The second kappa shape index (κ2) is 22.4. The number of thiophene rings is 1. The average Bonchev–Trinajstić information content (AvgIpc) is 1.49. The van der Waals surface area contributed by atoms with E-state index in [1.54, 1.807) is 0 Å². The minimum Gasteiger partial charge on any atom is -0.456 e. The standard InChI is InChI=1S/C113H82B2N4O2S/c1-109(2,3)60-33-37-62(38-34-60)118-95-50-77-67-24-15-19-30-87(67)111(7,8)88(77)47-78(95)70-42-44-72-80-55-102-83(52-94(80)117-97-57-89-75(48-91(97)114(118)104(70)106(72)117)65-22-13-17-28-85(65)112(89,9)10)69-41-32-59(46-100(69)121-102)64-26-21-27-74-84-53-96-81(56-103(84)122-108(64)74)71-43-45-73-79-54-101-82(68-25-16-20-31-99(68)120-101)51-93(79)116-98-58-90-76(66-23-14-18-29-86(66)113(90,11)12)49-92(98)115(105(71)107(73)116)119(96)63-39-35-61(36-40-63)110(4,5)6/h13-58H,1-12H3. The molecule has 0 unspecified atom stereocenters. The van der Waals surface area contributed by atoms with Crippen LogP contribution >= 0.6 is 11.3 Å². The SMILES string of the molecule is CC(C)(C)c1ccc(N2B3c4cc5c(cc4-n4c6cc7c(cc6c6ccc(c3c64)-c3cc4sc6c(-c8ccc9c(c8)oc8cc%10c%11ccc%12c%13c%11n(c%10cc89)-c8cc9c(cc8B%13N(c8ccc(C(C)(C)C)cc8)c8cc%10c(cc8-%12)C(C)(C)c8ccccc8-%10)-c8ccccc8C9(C)C)cccc6c4cc32)oc2ccccc27)C(C)(C)c2ccccc2-5)cc1. The number of hydrogen-bond acceptors (Lipinski definition) is 5. The Balaban J connectivity index is 0.640. The number of rotatable bonds is 3. The molecular weight excluding hydrogens is 1500 g/mol. The number of furan rings is 2. The van der Waals surface area contributed by atoms with Gasteiger partial charge in [-0.1, -0.05) is 259 Å². The fourth-order valence-electron chi connectivity index (χ4n) is 24.3. The molecule has 9 heterocycles. The molecule has 28 rings (SSSR count). The fourth-order valence-corrected chi connectivity index (χ4v) is 25.6. The van der Waals surface area contributed by atoms with E-state index in [0.717, 1.165) is 49.4 Å². The smallest absolute Gasteiger partial charge is 0.333 e. The lowest BCUT2D eigenvalue weighted by Crippen LogP contribution is -2.60. The number of nitrogens with zero attached hydrogens (tertiary/aromatic N) is 4. The predicted octanol–water partition coefficient (Wildman–Crippen LogP) is 27.7. The zero-order valence-electron chi connectivity index (χ0n) is 70.2. The van der Waals surface area contributed by atoms with Crippen molar-refractivity contribution in [2.75, 3.05) is 9.62 Å². The van der Waals surface area contributed by atoms with E-state index in [4.69, 9.17) is 8.83 Å². The van der Waals surface area contributed by atoms with E-state index < -0.39 is 0 Å². The molecule has 9 heteroatoms. The van der Waals surface area contributed by atoms with Gasteiger partial charge in [-0.05, 0) is 236 Å². The van der Waals surface area contributed by atoms with Crippen LogP contribution in [0, 0.1) is 0 Å². The first-order valence-corrected chi connectivity index (χ1v) is 44.4. The summed E-state index contributed by atoms with van der Waals surface area (Å²) >= 11 is 1.91. The van der Waals surface area contributed by atoms with Crippen LogP contribution in [0.5, 0.6) is 0 Å². The second-order valence-electron chi connectivity index (χ2n) is 39.8. The van der Waals surface area contributed by atoms with Crippen LogP contribution in [0.4, 0.5) is 22.7 Å². The Kier molecular flexibility index (Phi) is 12.6. The van der Waals surface area contributed by atoms with Crippen LogP contribution < -0.4 is 31.5 Å². The molecule has 0 bridgehead atoms. The molecule has 0 amide bonds. The maximum Gasteiger partial charge on any atom is 0.333 e. The minimum absolute atomic E-state index is 0.0123. The van der Waals surface area contributed by atoms with Crippen LogP contribution in [0.2, 0.25) is 0 Å². The zero-order chi connectivity index (χ0) is 81.5. The summed E-state index contributed by atoms with van der Waals surface area (Å²) < 4.78 is 22.0. The van der Waals surface area contributed by atoms with Gasteiger partial charge in [-0.3, -0.25) is 0 Å². The third kappa shape index (κ3) is 8.44. The van der Waals surface area contributed by atoms with Crippen molar-refractivity contribution in [2.24, 2.45) is 0 Å². The number of fused-ring (bicyclic) bond motifs is 34. The van der Waals surface area contributed by atoms with Crippen LogP contribution in [0.15, 0.2) is 288 Å². The van der Waals surface area contributed by atoms with E-state index in [-0.39, 0.29) is 40.8 Å². The molecule has 0 atom stereocenters. The predicted molar refractivity (Wildman–Crippen MR) is 516 cm³/mol. The minimum atomic E-state index is -0.231. The van der Waals surface area contributed by atoms with Crippen molar-refractivity contribution in [1.82, 2.24) is 9.13 Å². The summed E-state index contributed by atoms with van der Waals surface area (Å²) in [6.07, 6.45) is 0. The van der Waals surface area contributed by atoms with E-state index in [2.05, 4.69) is 381 Å². The molecule has 3 aliphatic carbocycles. The Morgan fingerprint density at radius 1 is 0.287 bits per heavy atom. The fraction of sp³-hybridized carbons (Fsp3) is 0.150. The van der Waals surface area contributed by atoms with Gasteiger partial charge in [-0.25, -0.2) is 0 Å². The topological polar surface area (TPSA) is 42.6 Å². The highest BCUT2D eigenvalue weighted by atomic mass is 32.1. The molecule has 0 N–H and O–H groups in total. The first kappa shape index (κ1) is 68.4. The van der Waals surface area contributed by atoms with Gasteiger partial charge in [0.2, 0.25) is 0 Å². The van der Waals surface area contributed by atoms with Crippen LogP contribution in [0.3, 0.4) is 0 Å². The normalized spacial score (nSPS) is 15.5. The van der Waals surface area contributed by atoms with Gasteiger partial charge in [0.25, 0.3) is 0 Å². The highest BCUT2D eigenvalue weighted by Gasteiger charge is 2.51. The Morgan fingerprint density at radius 2 is 0.721 bits per heavy atom. The van der Waals surface area contributed by atoms with E-state index in [9.17, 15) is 0 Å². The van der Waals surface area contributed by atoms with Crippen LogP contribution in [0.1, 0.15) is 128 Å². The van der Waals surface area contributed by atoms with Gasteiger partial charge in [0.1, 0.15) is 22.3 Å². The molecule has 0 radical (unpaired) electrons. The number of para-hydroxylation sites is 1. The van der Waals surface area contributed by atoms with Crippen molar-refractivity contribution < 1.29 is 8.83 Å². The number of hydrogen-bond donors (Lipinski definition) is 0. The van der Waals surface area contributed by atoms with Crippen LogP contribution in [-0.2, 0) is 27.1 Å². The lowest BCUT2D eigenvalue weighted by Gasteiger charge is -2.43. The first-order chi connectivity index (χ1) is 59.0. The summed E-state index contributed by atoms with van der Waals surface area (Å²) in [5, 5.41) is 11.8. The quantitative estimate of drug-likeness (QED) is 0.165. The summed E-state index contributed by atoms with van der Waals surface area (Å²) in [5.41, 5.74) is 46.6. The van der Waals surface area contributed by atoms with Crippen molar-refractivity contribution in [3.05, 3.63) is 324 Å². The molecule has 21 aromatic rings. The van der Waals surface area contributed by atoms with Crippen molar-refractivity contribution >= 4 is 177 Å². The first-order valence-electron chi connectivity index (χ1n) is 43.6. The highest BCUT2D eigenvalue weighted by Crippen LogP contribution is 2.59. The summed E-state index contributed by atoms with van der Waals surface area (Å²) in [6.45, 7) is 28.1. The van der Waals surface area contributed by atoms with Crippen LogP contribution in [-0.4, -0.2) is 22.8 Å². The van der Waals surface area contributed by atoms with Crippen molar-refractivity contribution in [3.63, 3.8) is 0 Å². The van der Waals surface area contributed by atoms with Gasteiger partial charge in [-0.15, -0.1) is 11.3 Å². The van der Waals surface area contributed by atoms with Crippen molar-refractivity contribution in [2.45, 2.75) is 110 Å². The van der Waals surface area contributed by atoms with Gasteiger partial charge in [0.05, 0.1) is 22.1 Å². The maximum absolute atomic E-state index is 7.38. The molecule has 0 spiro atoms. The van der Waals surface area contributed by atoms with E-state index in [1.807, 2.05) is 11.3 Å². The molecule has 4 aliphatic heterocycles. The molecule has 6 nitrogen and oxygen atoms in total. The van der Waals surface area contributed by atoms with Crippen molar-refractivity contribution in [1.29, 1.82) is 0 Å². The second-order valence-corrected chi connectivity index (χ2v) is 40.8. The van der Waals surface area contributed by atoms with Gasteiger partial charge < -0.3 is 27.6 Å². The molecule has 0 saturated heterocycles. The molecule has 7 aliphatic rings. The average molecular weight is 1580 g/mol. The Hall–Kier alpha value is -13.3. The molecular formula is C113H82B2N4O2S. The lowest BCUT2D eigenvalue weighted by molar-refractivity contribution is 0.590. The van der Waals surface area contributed by atoms with Gasteiger partial charge in [-0.2, -0.15) is 0 Å². The molecule has 0 fully saturated rings. The van der Waals surface area contributed by atoms with E-state index in [0.29, 0.717) is 0 Å². The summed E-state index contributed by atoms with van der Waals surface area (Å²) in [4.78, 5) is 5.46. The largest absolute Gasteiger partial charge is 0.456 e. The lowest BCUT2D eigenvalue weighted by atomic mass is 9.43. The number of anilines is 4. The molecule has 5 aromatic heterocycles. The monoisotopic (exact) mass is 1580 g/mol. The Bertz CT molecular complexity index is 8530. The Labute approximate surface area is 711 Å². The molecule has 0 saturated carbocycles. The van der Waals surface area contributed by atoms with Crippen LogP contribution in [0.25, 0.3) is 186 Å². The number of aromatic nitrogens is 2. The van der Waals surface area contributed by atoms with Gasteiger partial charge in [0.15, 0.2) is 0 Å². The van der Waals surface area contributed by atoms with E-state index >= 15 is 0 Å². The highest BCUT2D eigenvalue weighted by molar-refractivity contribution is 7.26. The third-order valence-corrected chi connectivity index (χ3v) is 31.6. The van der Waals surface area contributed by atoms with Gasteiger partial charge in [0, 0.05) is 125 Å². The Morgan fingerprint density at radius 3 is 1.25 bits per heavy atom. The molecule has 578 valence electrons. The summed E-state index contributed by atoms with van der Waals surface area (Å²) in [6, 6.07) is 109. The van der Waals surface area contributed by atoms with Crippen molar-refractivity contribution in [3.8, 4) is 78.1 Å². The summed E-state index contributed by atoms with van der Waals surface area (Å²) in [7, 11) is 0. The third-order valence-electron chi connectivity index (χ3n) is 30.4. The zero-order valence-corrected chi connectivity index (χ0v) is 71.0. The molecule has 122 heavy (non-hydrogen) atoms. The maximum atomic E-state index is 7.38. The van der Waals surface area contributed by atoms with E-state index in [1.165, 1.54) is 225 Å². The summed E-state index contributed by atoms with van der Waals surface area (Å²) in [5.74, 6) is 0.